The number of amides is 1. The first-order valence-corrected chi connectivity index (χ1v) is 6.24. The van der Waals surface area contributed by atoms with Crippen molar-refractivity contribution in [1.82, 2.24) is 4.90 Å². The van der Waals surface area contributed by atoms with E-state index in [9.17, 15) is 4.79 Å². The largest absolute Gasteiger partial charge is 0.484 e. The number of benzene rings is 1. The Morgan fingerprint density at radius 1 is 1.33 bits per heavy atom. The highest BCUT2D eigenvalue weighted by Gasteiger charge is 2.08. The van der Waals surface area contributed by atoms with Gasteiger partial charge in [-0.2, -0.15) is 0 Å². The van der Waals surface area contributed by atoms with Crippen LogP contribution in [0, 0.1) is 0 Å². The molecule has 1 amide bonds. The maximum atomic E-state index is 11.7. The van der Waals surface area contributed by atoms with Crippen molar-refractivity contribution >= 4 is 5.91 Å². The van der Waals surface area contributed by atoms with Gasteiger partial charge >= 0.3 is 0 Å². The van der Waals surface area contributed by atoms with Crippen molar-refractivity contribution in [2.45, 2.75) is 19.8 Å². The lowest BCUT2D eigenvalue weighted by atomic mass is 10.2. The first kappa shape index (κ1) is 14.5. The van der Waals surface area contributed by atoms with Crippen LogP contribution in [0.4, 0.5) is 0 Å². The molecule has 0 fully saturated rings. The van der Waals surface area contributed by atoms with Crippen molar-refractivity contribution in [3.63, 3.8) is 0 Å². The minimum atomic E-state index is -0.0805. The van der Waals surface area contributed by atoms with Crippen molar-refractivity contribution in [3.05, 3.63) is 29.8 Å². The van der Waals surface area contributed by atoms with Gasteiger partial charge in [-0.15, -0.1) is 0 Å². The van der Waals surface area contributed by atoms with Gasteiger partial charge in [0.2, 0.25) is 0 Å². The van der Waals surface area contributed by atoms with Crippen LogP contribution in [0.2, 0.25) is 0 Å². The van der Waals surface area contributed by atoms with E-state index in [1.165, 1.54) is 5.56 Å². The number of carbonyl (C=O) groups excluding carboxylic acids is 1. The monoisotopic (exact) mass is 251 g/mol. The predicted octanol–water partition coefficient (Wildman–Crippen LogP) is 1.47. The fourth-order valence-electron chi connectivity index (χ4n) is 1.51. The summed E-state index contributed by atoms with van der Waals surface area (Å²) in [5.74, 6) is 0.624. The van der Waals surface area contributed by atoms with E-state index in [1.54, 1.807) is 11.9 Å². The summed E-state index contributed by atoms with van der Waals surface area (Å²) in [6.45, 7) is 2.77. The van der Waals surface area contributed by atoms with Crippen molar-refractivity contribution in [2.24, 2.45) is 0 Å². The maximum Gasteiger partial charge on any atom is 0.260 e. The minimum absolute atomic E-state index is 0.0351. The first-order chi connectivity index (χ1) is 8.67. The molecular weight excluding hydrogens is 230 g/mol. The van der Waals surface area contributed by atoms with Crippen LogP contribution in [0.25, 0.3) is 0 Å². The second-order valence-electron chi connectivity index (χ2n) is 4.18. The molecule has 1 N–H and O–H groups in total. The Morgan fingerprint density at radius 3 is 2.56 bits per heavy atom. The standard InChI is InChI=1S/C14H21NO3/c1-3-12-5-7-13(8-6-12)18-11-14(17)15(2)9-4-10-16/h5-8,16H,3-4,9-11H2,1-2H3. The average Bonchev–Trinajstić information content (AvgIpc) is 2.42. The number of aryl methyl sites for hydroxylation is 1. The van der Waals surface area contributed by atoms with Gasteiger partial charge in [0.25, 0.3) is 5.91 Å². The molecule has 1 aromatic carbocycles. The number of likely N-dealkylation sites (N-methyl/N-ethyl adjacent to an activating group) is 1. The summed E-state index contributed by atoms with van der Waals surface area (Å²) in [5.41, 5.74) is 1.24. The SMILES string of the molecule is CCc1ccc(OCC(=O)N(C)CCCO)cc1. The number of nitrogens with zero attached hydrogens (tertiary/aromatic N) is 1. The summed E-state index contributed by atoms with van der Waals surface area (Å²) in [6, 6.07) is 7.74. The molecule has 4 heteroatoms. The zero-order valence-electron chi connectivity index (χ0n) is 11.1. The Labute approximate surface area is 108 Å². The second kappa shape index (κ2) is 7.71. The van der Waals surface area contributed by atoms with E-state index in [0.29, 0.717) is 18.7 Å². The summed E-state index contributed by atoms with van der Waals surface area (Å²) >= 11 is 0. The first-order valence-electron chi connectivity index (χ1n) is 6.24. The van der Waals surface area contributed by atoms with Gasteiger partial charge in [-0.05, 0) is 30.5 Å². The number of hydrogen-bond donors (Lipinski definition) is 1. The van der Waals surface area contributed by atoms with E-state index in [0.717, 1.165) is 6.42 Å². The van der Waals surface area contributed by atoms with E-state index < -0.39 is 0 Å². The fourth-order valence-corrected chi connectivity index (χ4v) is 1.51. The molecule has 0 aliphatic carbocycles. The van der Waals surface area contributed by atoms with Gasteiger partial charge < -0.3 is 14.7 Å². The third-order valence-corrected chi connectivity index (χ3v) is 2.77. The molecule has 0 heterocycles. The number of hydrogen-bond acceptors (Lipinski definition) is 3. The van der Waals surface area contributed by atoms with Crippen LogP contribution in [-0.2, 0) is 11.2 Å². The van der Waals surface area contributed by atoms with Gasteiger partial charge in [0, 0.05) is 20.2 Å². The third kappa shape index (κ3) is 4.75. The summed E-state index contributed by atoms with van der Waals surface area (Å²) < 4.78 is 5.41. The summed E-state index contributed by atoms with van der Waals surface area (Å²) in [6.07, 6.45) is 1.58. The maximum absolute atomic E-state index is 11.7. The molecule has 1 rings (SSSR count). The number of aliphatic hydroxyl groups is 1. The van der Waals surface area contributed by atoms with Crippen LogP contribution in [-0.4, -0.2) is 42.7 Å². The fraction of sp³-hybridized carbons (Fsp3) is 0.500. The molecule has 0 bridgehead atoms. The van der Waals surface area contributed by atoms with Gasteiger partial charge in [0.15, 0.2) is 6.61 Å². The molecule has 0 unspecified atom stereocenters. The molecule has 0 spiro atoms. The molecule has 0 saturated carbocycles. The van der Waals surface area contributed by atoms with Gasteiger partial charge in [0.05, 0.1) is 0 Å². The van der Waals surface area contributed by atoms with Gasteiger partial charge in [-0.25, -0.2) is 0 Å². The van der Waals surface area contributed by atoms with Crippen LogP contribution in [0.5, 0.6) is 5.75 Å². The molecule has 100 valence electrons. The third-order valence-electron chi connectivity index (χ3n) is 2.77. The molecule has 18 heavy (non-hydrogen) atoms. The normalized spacial score (nSPS) is 10.2. The number of aliphatic hydroxyl groups excluding tert-OH is 1. The summed E-state index contributed by atoms with van der Waals surface area (Å²) in [4.78, 5) is 13.2. The van der Waals surface area contributed by atoms with E-state index >= 15 is 0 Å². The van der Waals surface area contributed by atoms with E-state index in [2.05, 4.69) is 6.92 Å². The second-order valence-corrected chi connectivity index (χ2v) is 4.18. The smallest absolute Gasteiger partial charge is 0.260 e. The van der Waals surface area contributed by atoms with Gasteiger partial charge in [-0.1, -0.05) is 19.1 Å². The van der Waals surface area contributed by atoms with Gasteiger partial charge in [-0.3, -0.25) is 4.79 Å². The molecule has 0 atom stereocenters. The van der Waals surface area contributed by atoms with Crippen LogP contribution >= 0.6 is 0 Å². The van der Waals surface area contributed by atoms with Crippen LogP contribution in [0.1, 0.15) is 18.9 Å². The summed E-state index contributed by atoms with van der Waals surface area (Å²) in [5, 5.41) is 8.68. The number of rotatable bonds is 7. The zero-order chi connectivity index (χ0) is 13.4. The quantitative estimate of drug-likeness (QED) is 0.798. The number of carbonyl (C=O) groups is 1. The highest BCUT2D eigenvalue weighted by molar-refractivity contribution is 5.77. The molecule has 0 aromatic heterocycles. The van der Waals surface area contributed by atoms with E-state index in [-0.39, 0.29) is 19.1 Å². The van der Waals surface area contributed by atoms with Crippen LogP contribution in [0.3, 0.4) is 0 Å². The Morgan fingerprint density at radius 2 is 2.00 bits per heavy atom. The van der Waals surface area contributed by atoms with E-state index in [1.807, 2.05) is 24.3 Å². The lowest BCUT2D eigenvalue weighted by Gasteiger charge is -2.16. The van der Waals surface area contributed by atoms with E-state index in [4.69, 9.17) is 9.84 Å². The Hall–Kier alpha value is -1.55. The topological polar surface area (TPSA) is 49.8 Å². The lowest BCUT2D eigenvalue weighted by Crippen LogP contribution is -2.32. The zero-order valence-corrected chi connectivity index (χ0v) is 11.1. The Kier molecular flexibility index (Phi) is 6.22. The van der Waals surface area contributed by atoms with Crippen molar-refractivity contribution in [1.29, 1.82) is 0 Å². The van der Waals surface area contributed by atoms with Crippen LogP contribution < -0.4 is 4.74 Å². The molecule has 0 radical (unpaired) electrons. The Bertz CT molecular complexity index is 362. The highest BCUT2D eigenvalue weighted by atomic mass is 16.5. The molecular formula is C14H21NO3. The van der Waals surface area contributed by atoms with Crippen molar-refractivity contribution in [2.75, 3.05) is 26.8 Å². The average molecular weight is 251 g/mol. The molecule has 0 saturated heterocycles. The predicted molar refractivity (Wildman–Crippen MR) is 70.7 cm³/mol. The molecule has 4 nitrogen and oxygen atoms in total. The highest BCUT2D eigenvalue weighted by Crippen LogP contribution is 2.12. The summed E-state index contributed by atoms with van der Waals surface area (Å²) in [7, 11) is 1.71. The molecule has 0 aliphatic heterocycles. The lowest BCUT2D eigenvalue weighted by molar-refractivity contribution is -0.132. The molecule has 0 aliphatic rings. The van der Waals surface area contributed by atoms with Crippen molar-refractivity contribution in [3.8, 4) is 5.75 Å². The van der Waals surface area contributed by atoms with Crippen molar-refractivity contribution < 1.29 is 14.6 Å². The van der Waals surface area contributed by atoms with Gasteiger partial charge in [0.1, 0.15) is 5.75 Å². The minimum Gasteiger partial charge on any atom is -0.484 e. The Balaban J connectivity index is 2.37. The molecule has 1 aromatic rings. The number of ether oxygens (including phenoxy) is 1. The van der Waals surface area contributed by atoms with Crippen LogP contribution in [0.15, 0.2) is 24.3 Å².